The Balaban J connectivity index is 2.64. The molecule has 0 atom stereocenters. The highest BCUT2D eigenvalue weighted by Crippen LogP contribution is 2.40. The Morgan fingerprint density at radius 1 is 1.17 bits per heavy atom. The van der Waals surface area contributed by atoms with Crippen LogP contribution in [0.25, 0.3) is 0 Å². The fourth-order valence-corrected chi connectivity index (χ4v) is 3.16. The molecule has 2 aliphatic rings. The molecule has 0 aliphatic carbocycles. The molecule has 0 saturated heterocycles. The summed E-state index contributed by atoms with van der Waals surface area (Å²) >= 11 is 0. The normalized spacial score (nSPS) is 19.3. The Bertz CT molecular complexity index is 576. The van der Waals surface area contributed by atoms with Crippen molar-refractivity contribution in [1.29, 1.82) is 0 Å². The number of methoxy groups -OCH3 is 1. The fourth-order valence-electron chi connectivity index (χ4n) is 3.16. The second-order valence-electron chi connectivity index (χ2n) is 5.63. The van der Waals surface area contributed by atoms with E-state index in [4.69, 9.17) is 14.2 Å². The van der Waals surface area contributed by atoms with E-state index < -0.39 is 5.92 Å². The Labute approximate surface area is 136 Å². The first-order chi connectivity index (χ1) is 10.9. The second kappa shape index (κ2) is 7.00. The molecule has 0 spiro atoms. The number of carbonyl (C=O) groups is 2. The van der Waals surface area contributed by atoms with Crippen molar-refractivity contribution in [2.45, 2.75) is 27.7 Å². The van der Waals surface area contributed by atoms with Crippen LogP contribution in [0.1, 0.15) is 27.7 Å². The lowest BCUT2D eigenvalue weighted by molar-refractivity contribution is -0.115. The van der Waals surface area contributed by atoms with Gasteiger partial charge in [0.2, 0.25) is 0 Å². The van der Waals surface area contributed by atoms with Gasteiger partial charge >= 0.3 is 0 Å². The molecular formula is C17H23NO5. The van der Waals surface area contributed by atoms with Crippen LogP contribution in [0, 0.1) is 5.92 Å². The maximum absolute atomic E-state index is 12.3. The standard InChI is InChI=1S/C17H23NO5/c1-10-15(12(3)19)17(14-8-22-6-7-23-14)16(13(4)20)11(2)18(10)9-21-5/h8,17H,6-7,9H2,1-5H3. The van der Waals surface area contributed by atoms with Crippen molar-refractivity contribution in [2.75, 3.05) is 27.1 Å². The van der Waals surface area contributed by atoms with Gasteiger partial charge in [0.05, 0.1) is 5.92 Å². The number of allylic oxidation sites excluding steroid dienone is 3. The molecule has 6 heteroatoms. The van der Waals surface area contributed by atoms with Crippen molar-refractivity contribution in [3.05, 3.63) is 34.6 Å². The molecule has 0 saturated carbocycles. The molecule has 0 aromatic rings. The van der Waals surface area contributed by atoms with Crippen LogP contribution in [-0.2, 0) is 23.8 Å². The Morgan fingerprint density at radius 3 is 2.13 bits per heavy atom. The zero-order valence-corrected chi connectivity index (χ0v) is 14.3. The highest BCUT2D eigenvalue weighted by molar-refractivity contribution is 6.02. The largest absolute Gasteiger partial charge is 0.494 e. The van der Waals surface area contributed by atoms with Crippen molar-refractivity contribution in [1.82, 2.24) is 4.90 Å². The summed E-state index contributed by atoms with van der Waals surface area (Å²) in [6, 6.07) is 0. The summed E-state index contributed by atoms with van der Waals surface area (Å²) in [4.78, 5) is 26.4. The van der Waals surface area contributed by atoms with Gasteiger partial charge in [0.1, 0.15) is 32.0 Å². The average Bonchev–Trinajstić information content (AvgIpc) is 2.50. The number of ether oxygens (including phenoxy) is 3. The van der Waals surface area contributed by atoms with Gasteiger partial charge in [-0.15, -0.1) is 0 Å². The molecule has 2 heterocycles. The quantitative estimate of drug-likeness (QED) is 0.773. The number of carbonyl (C=O) groups excluding carboxylic acids is 2. The van der Waals surface area contributed by atoms with E-state index in [0.717, 1.165) is 11.4 Å². The molecule has 0 bridgehead atoms. The lowest BCUT2D eigenvalue weighted by Gasteiger charge is -2.38. The van der Waals surface area contributed by atoms with Crippen molar-refractivity contribution < 1.29 is 23.8 Å². The zero-order valence-electron chi connectivity index (χ0n) is 14.3. The first kappa shape index (κ1) is 17.3. The fraction of sp³-hybridized carbons (Fsp3) is 0.529. The highest BCUT2D eigenvalue weighted by atomic mass is 16.6. The molecule has 0 unspecified atom stereocenters. The molecule has 0 aromatic heterocycles. The minimum Gasteiger partial charge on any atom is -0.494 e. The van der Waals surface area contributed by atoms with Gasteiger partial charge in [0.25, 0.3) is 0 Å². The maximum atomic E-state index is 12.3. The van der Waals surface area contributed by atoms with Gasteiger partial charge in [-0.3, -0.25) is 9.59 Å². The minimum atomic E-state index is -0.529. The van der Waals surface area contributed by atoms with E-state index >= 15 is 0 Å². The van der Waals surface area contributed by atoms with Gasteiger partial charge in [-0.25, -0.2) is 0 Å². The van der Waals surface area contributed by atoms with Crippen LogP contribution in [0.3, 0.4) is 0 Å². The third kappa shape index (κ3) is 3.17. The van der Waals surface area contributed by atoms with Crippen LogP contribution >= 0.6 is 0 Å². The van der Waals surface area contributed by atoms with Gasteiger partial charge in [0.15, 0.2) is 11.6 Å². The highest BCUT2D eigenvalue weighted by Gasteiger charge is 2.39. The number of nitrogens with zero attached hydrogens (tertiary/aromatic N) is 1. The molecule has 0 fully saturated rings. The molecule has 2 aliphatic heterocycles. The Kier molecular flexibility index (Phi) is 5.26. The number of rotatable bonds is 5. The summed E-state index contributed by atoms with van der Waals surface area (Å²) in [5, 5.41) is 0. The molecular weight excluding hydrogens is 298 g/mol. The third-order valence-electron chi connectivity index (χ3n) is 4.14. The Morgan fingerprint density at radius 2 is 1.74 bits per heavy atom. The lowest BCUT2D eigenvalue weighted by Crippen LogP contribution is -2.37. The monoisotopic (exact) mass is 321 g/mol. The number of Topliss-reactive ketones (excluding diaryl/α,β-unsaturated/α-hetero) is 2. The van der Waals surface area contributed by atoms with Gasteiger partial charge in [-0.1, -0.05) is 0 Å². The summed E-state index contributed by atoms with van der Waals surface area (Å²) in [7, 11) is 1.58. The predicted molar refractivity (Wildman–Crippen MR) is 84.0 cm³/mol. The van der Waals surface area contributed by atoms with E-state index in [1.54, 1.807) is 7.11 Å². The summed E-state index contributed by atoms with van der Waals surface area (Å²) in [6.07, 6.45) is 1.51. The van der Waals surface area contributed by atoms with E-state index in [9.17, 15) is 9.59 Å². The zero-order chi connectivity index (χ0) is 17.1. The van der Waals surface area contributed by atoms with Gasteiger partial charge in [-0.2, -0.15) is 0 Å². The molecule has 0 aromatic carbocycles. The van der Waals surface area contributed by atoms with E-state index in [0.29, 0.717) is 30.1 Å². The average molecular weight is 321 g/mol. The maximum Gasteiger partial charge on any atom is 0.158 e. The van der Waals surface area contributed by atoms with Crippen LogP contribution in [0.15, 0.2) is 34.6 Å². The van der Waals surface area contributed by atoms with Crippen molar-refractivity contribution in [2.24, 2.45) is 5.92 Å². The van der Waals surface area contributed by atoms with Crippen molar-refractivity contribution >= 4 is 11.6 Å². The van der Waals surface area contributed by atoms with E-state index in [1.165, 1.54) is 20.1 Å². The van der Waals surface area contributed by atoms with Gasteiger partial charge < -0.3 is 19.1 Å². The topological polar surface area (TPSA) is 65.1 Å². The van der Waals surface area contributed by atoms with Gasteiger partial charge in [-0.05, 0) is 27.7 Å². The van der Waals surface area contributed by atoms with Crippen LogP contribution in [-0.4, -0.2) is 43.5 Å². The number of ketones is 2. The van der Waals surface area contributed by atoms with E-state index in [2.05, 4.69) is 0 Å². The van der Waals surface area contributed by atoms with Crippen molar-refractivity contribution in [3.8, 4) is 0 Å². The third-order valence-corrected chi connectivity index (χ3v) is 4.14. The summed E-state index contributed by atoms with van der Waals surface area (Å²) in [6.45, 7) is 7.84. The van der Waals surface area contributed by atoms with E-state index in [-0.39, 0.29) is 18.3 Å². The molecule has 0 radical (unpaired) electrons. The molecule has 0 N–H and O–H groups in total. The first-order valence-corrected chi connectivity index (χ1v) is 7.54. The van der Waals surface area contributed by atoms with Crippen LogP contribution < -0.4 is 0 Å². The summed E-state index contributed by atoms with van der Waals surface area (Å²) < 4.78 is 16.3. The first-order valence-electron chi connectivity index (χ1n) is 7.54. The summed E-state index contributed by atoms with van der Waals surface area (Å²) in [5.74, 6) is -0.231. The molecule has 23 heavy (non-hydrogen) atoms. The molecule has 6 nitrogen and oxygen atoms in total. The molecule has 2 rings (SSSR count). The van der Waals surface area contributed by atoms with Crippen LogP contribution in [0.2, 0.25) is 0 Å². The van der Waals surface area contributed by atoms with Crippen molar-refractivity contribution in [3.63, 3.8) is 0 Å². The van der Waals surface area contributed by atoms with E-state index in [1.807, 2.05) is 18.7 Å². The van der Waals surface area contributed by atoms with Crippen LogP contribution in [0.5, 0.6) is 0 Å². The number of hydrogen-bond acceptors (Lipinski definition) is 6. The number of hydrogen-bond donors (Lipinski definition) is 0. The smallest absolute Gasteiger partial charge is 0.158 e. The summed E-state index contributed by atoms with van der Waals surface area (Å²) in [5.41, 5.74) is 2.60. The SMILES string of the molecule is COCN1C(C)=C(C(C)=O)C(C2=COCCO2)C(C(C)=O)=C1C. The second-order valence-corrected chi connectivity index (χ2v) is 5.63. The van der Waals surface area contributed by atoms with Crippen LogP contribution in [0.4, 0.5) is 0 Å². The van der Waals surface area contributed by atoms with Gasteiger partial charge in [0, 0.05) is 29.7 Å². The Hall–Kier alpha value is -2.08. The molecule has 0 amide bonds. The predicted octanol–water partition coefficient (Wildman–Crippen LogP) is 2.14. The lowest BCUT2D eigenvalue weighted by atomic mass is 9.80. The minimum absolute atomic E-state index is 0.102. The molecule has 126 valence electrons.